The van der Waals surface area contributed by atoms with E-state index >= 15 is 0 Å². The van der Waals surface area contributed by atoms with E-state index in [1.807, 2.05) is 36.4 Å². The van der Waals surface area contributed by atoms with Crippen molar-refractivity contribution in [2.24, 2.45) is 0 Å². The molecule has 2 atom stereocenters. The summed E-state index contributed by atoms with van der Waals surface area (Å²) in [4.78, 5) is 38.3. The Hall–Kier alpha value is -3.37. The van der Waals surface area contributed by atoms with E-state index in [-0.39, 0.29) is 17.9 Å². The Bertz CT molecular complexity index is 1120. The second-order valence-corrected chi connectivity index (χ2v) is 16.2. The molecule has 0 radical (unpaired) electrons. The van der Waals surface area contributed by atoms with Crippen LogP contribution in [0.3, 0.4) is 0 Å². The quantitative estimate of drug-likeness (QED) is 0.307. The zero-order chi connectivity index (χ0) is 29.1. The molecule has 1 aliphatic rings. The molecule has 0 aliphatic heterocycles. The summed E-state index contributed by atoms with van der Waals surface area (Å²) in [6.07, 6.45) is -2.40. The van der Waals surface area contributed by atoms with Crippen molar-refractivity contribution in [2.45, 2.75) is 83.1 Å². The standard InChI is InChI=1S/C29H40N2O7Si/c1-27(2,3)37-26(35)31(30-25(33)34)29(24(32)36-7)19-18-21(20-29)38-39(28(4,5)6,22-14-10-8-11-15-22)23-16-12-9-13-17-23/h8-17,21,30H,18-20H2,1-7H3,(H,33,34). The van der Waals surface area contributed by atoms with Crippen molar-refractivity contribution >= 4 is 36.8 Å². The van der Waals surface area contributed by atoms with Gasteiger partial charge in [-0.2, -0.15) is 5.01 Å². The Kier molecular flexibility index (Phi) is 8.81. The fraction of sp³-hybridized carbons (Fsp3) is 0.483. The van der Waals surface area contributed by atoms with Gasteiger partial charge in [0.25, 0.3) is 8.32 Å². The van der Waals surface area contributed by atoms with Crippen LogP contribution in [0.1, 0.15) is 60.8 Å². The SMILES string of the molecule is COC(=O)C1(N(NC(=O)O)C(=O)OC(C)(C)C)CCC(O[Si](c2ccccc2)(c2ccccc2)C(C)(C)C)C1. The first-order chi connectivity index (χ1) is 18.2. The largest absolute Gasteiger partial charge is 0.467 e. The van der Waals surface area contributed by atoms with Gasteiger partial charge < -0.3 is 19.0 Å². The van der Waals surface area contributed by atoms with E-state index in [0.29, 0.717) is 6.42 Å². The van der Waals surface area contributed by atoms with Gasteiger partial charge in [0, 0.05) is 12.5 Å². The maximum Gasteiger partial charge on any atom is 0.430 e. The number of nitrogens with zero attached hydrogens (tertiary/aromatic N) is 1. The first-order valence-corrected chi connectivity index (χ1v) is 15.0. The molecule has 9 nitrogen and oxygen atoms in total. The van der Waals surface area contributed by atoms with Gasteiger partial charge in [0.1, 0.15) is 5.60 Å². The van der Waals surface area contributed by atoms with Crippen LogP contribution >= 0.6 is 0 Å². The number of hydrogen-bond acceptors (Lipinski definition) is 6. The molecule has 0 heterocycles. The summed E-state index contributed by atoms with van der Waals surface area (Å²) in [5.41, 5.74) is -0.460. The lowest BCUT2D eigenvalue weighted by atomic mass is 9.97. The van der Waals surface area contributed by atoms with Gasteiger partial charge in [-0.15, -0.1) is 0 Å². The van der Waals surface area contributed by atoms with Crippen molar-refractivity contribution in [3.8, 4) is 0 Å². The van der Waals surface area contributed by atoms with Gasteiger partial charge in [-0.1, -0.05) is 81.4 Å². The zero-order valence-electron chi connectivity index (χ0n) is 23.8. The maximum absolute atomic E-state index is 13.3. The third kappa shape index (κ3) is 6.28. The molecule has 0 aromatic heterocycles. The van der Waals surface area contributed by atoms with Crippen LogP contribution < -0.4 is 15.8 Å². The Morgan fingerprint density at radius 2 is 1.46 bits per heavy atom. The number of amides is 2. The van der Waals surface area contributed by atoms with Gasteiger partial charge in [0.15, 0.2) is 5.54 Å². The highest BCUT2D eigenvalue weighted by molar-refractivity contribution is 6.99. The zero-order valence-corrected chi connectivity index (χ0v) is 24.8. The molecule has 1 saturated carbocycles. The Morgan fingerprint density at radius 3 is 1.87 bits per heavy atom. The molecule has 0 spiro atoms. The number of carboxylic acid groups (broad SMARTS) is 1. The molecule has 2 aromatic carbocycles. The molecule has 0 saturated heterocycles. The number of hydrazine groups is 1. The number of rotatable bonds is 6. The van der Waals surface area contributed by atoms with Crippen molar-refractivity contribution < 1.29 is 33.4 Å². The Morgan fingerprint density at radius 1 is 0.949 bits per heavy atom. The third-order valence-electron chi connectivity index (χ3n) is 6.98. The molecule has 2 N–H and O–H groups in total. The van der Waals surface area contributed by atoms with E-state index in [9.17, 15) is 19.5 Å². The van der Waals surface area contributed by atoms with Crippen molar-refractivity contribution in [1.82, 2.24) is 10.4 Å². The molecule has 2 unspecified atom stereocenters. The first-order valence-electron chi connectivity index (χ1n) is 13.1. The van der Waals surface area contributed by atoms with Crippen molar-refractivity contribution in [2.75, 3.05) is 7.11 Å². The molecule has 212 valence electrons. The number of esters is 1. The number of carbonyl (C=O) groups excluding carboxylic acids is 2. The number of ether oxygens (including phenoxy) is 2. The summed E-state index contributed by atoms with van der Waals surface area (Å²) < 4.78 is 17.8. The van der Waals surface area contributed by atoms with Crippen LogP contribution in [0, 0.1) is 0 Å². The van der Waals surface area contributed by atoms with E-state index in [0.717, 1.165) is 15.4 Å². The van der Waals surface area contributed by atoms with Crippen LogP contribution in [0.4, 0.5) is 9.59 Å². The average Bonchev–Trinajstić information content (AvgIpc) is 3.29. The van der Waals surface area contributed by atoms with E-state index < -0.39 is 43.7 Å². The topological polar surface area (TPSA) is 114 Å². The predicted molar refractivity (Wildman–Crippen MR) is 150 cm³/mol. The van der Waals surface area contributed by atoms with Crippen molar-refractivity contribution in [1.29, 1.82) is 0 Å². The second kappa shape index (κ2) is 11.4. The van der Waals surface area contributed by atoms with Gasteiger partial charge in [-0.05, 0) is 49.0 Å². The summed E-state index contributed by atoms with van der Waals surface area (Å²) >= 11 is 0. The maximum atomic E-state index is 13.3. The highest BCUT2D eigenvalue weighted by Gasteiger charge is 2.58. The molecular formula is C29H40N2O7Si. The van der Waals surface area contributed by atoms with E-state index in [4.69, 9.17) is 13.9 Å². The Balaban J connectivity index is 2.11. The number of methoxy groups -OCH3 is 1. The summed E-state index contributed by atoms with van der Waals surface area (Å²) in [6.45, 7) is 11.5. The molecule has 2 amide bonds. The molecular weight excluding hydrogens is 516 g/mol. The summed E-state index contributed by atoms with van der Waals surface area (Å²) in [6, 6.07) is 20.2. The summed E-state index contributed by atoms with van der Waals surface area (Å²) in [5.74, 6) is -0.740. The van der Waals surface area contributed by atoms with Crippen molar-refractivity contribution in [3.05, 3.63) is 60.7 Å². The molecule has 2 aromatic rings. The lowest BCUT2D eigenvalue weighted by Gasteiger charge is -2.45. The lowest BCUT2D eigenvalue weighted by Crippen LogP contribution is -2.68. The second-order valence-electron chi connectivity index (χ2n) is 11.9. The van der Waals surface area contributed by atoms with Crippen LogP contribution in [0.2, 0.25) is 5.04 Å². The highest BCUT2D eigenvalue weighted by atomic mass is 28.4. The fourth-order valence-corrected chi connectivity index (χ4v) is 10.1. The third-order valence-corrected chi connectivity index (χ3v) is 12.1. The van der Waals surface area contributed by atoms with Crippen molar-refractivity contribution in [3.63, 3.8) is 0 Å². The van der Waals surface area contributed by atoms with Gasteiger partial charge in [0.05, 0.1) is 7.11 Å². The lowest BCUT2D eigenvalue weighted by molar-refractivity contribution is -0.157. The van der Waals surface area contributed by atoms with Crippen LogP contribution in [0.25, 0.3) is 0 Å². The average molecular weight is 557 g/mol. The smallest absolute Gasteiger partial charge is 0.430 e. The minimum atomic E-state index is -2.98. The number of carbonyl (C=O) groups is 3. The van der Waals surface area contributed by atoms with Gasteiger partial charge in [-0.25, -0.2) is 19.8 Å². The molecule has 39 heavy (non-hydrogen) atoms. The number of nitrogens with one attached hydrogen (secondary N) is 1. The van der Waals surface area contributed by atoms with E-state index in [1.54, 1.807) is 20.8 Å². The first kappa shape index (κ1) is 30.2. The number of benzene rings is 2. The highest BCUT2D eigenvalue weighted by Crippen LogP contribution is 2.43. The van der Waals surface area contributed by atoms with Crippen LogP contribution in [-0.2, 0) is 18.7 Å². The van der Waals surface area contributed by atoms with Crippen LogP contribution in [-0.4, -0.2) is 60.9 Å². The van der Waals surface area contributed by atoms with Gasteiger partial charge >= 0.3 is 18.2 Å². The van der Waals surface area contributed by atoms with E-state index in [1.165, 1.54) is 7.11 Å². The fourth-order valence-electron chi connectivity index (χ4n) is 5.42. The monoisotopic (exact) mass is 556 g/mol. The molecule has 1 aliphatic carbocycles. The van der Waals surface area contributed by atoms with Crippen LogP contribution in [0.5, 0.6) is 0 Å². The predicted octanol–water partition coefficient (Wildman–Crippen LogP) is 4.45. The summed E-state index contributed by atoms with van der Waals surface area (Å²) in [7, 11) is -1.76. The molecule has 0 bridgehead atoms. The molecule has 10 heteroatoms. The van der Waals surface area contributed by atoms with Gasteiger partial charge in [-0.3, -0.25) is 0 Å². The van der Waals surface area contributed by atoms with Crippen LogP contribution in [0.15, 0.2) is 60.7 Å². The Labute approximate surface area is 231 Å². The van der Waals surface area contributed by atoms with E-state index in [2.05, 4.69) is 50.5 Å². The minimum absolute atomic E-state index is 0.0314. The minimum Gasteiger partial charge on any atom is -0.467 e. The summed E-state index contributed by atoms with van der Waals surface area (Å²) in [5, 5.41) is 12.2. The normalized spacial score (nSPS) is 19.7. The number of hydrogen-bond donors (Lipinski definition) is 2. The van der Waals surface area contributed by atoms with Gasteiger partial charge in [0.2, 0.25) is 0 Å². The molecule has 3 rings (SSSR count). The molecule has 1 fully saturated rings.